The Labute approximate surface area is 229 Å². The number of aryl methyl sites for hydroxylation is 2. The van der Waals surface area contributed by atoms with Gasteiger partial charge in [-0.05, 0) is 62.5 Å². The molecule has 0 radical (unpaired) electrons. The lowest BCUT2D eigenvalue weighted by Gasteiger charge is -2.28. The fraction of sp³-hybridized carbons (Fsp3) is 0.379. The zero-order valence-electron chi connectivity index (χ0n) is 23.5. The van der Waals surface area contributed by atoms with Crippen LogP contribution in [-0.4, -0.2) is 59.3 Å². The maximum Gasteiger partial charge on any atom is 0.338 e. The van der Waals surface area contributed by atoms with Gasteiger partial charge in [0.2, 0.25) is 0 Å². The van der Waals surface area contributed by atoms with Crippen molar-refractivity contribution in [3.05, 3.63) is 75.5 Å². The van der Waals surface area contributed by atoms with E-state index in [2.05, 4.69) is 29.4 Å². The second-order valence-electron chi connectivity index (χ2n) is 9.88. The molecular formula is C29H37F2N6OP. The number of anilines is 2. The number of rotatable bonds is 8. The topological polar surface area (TPSA) is 78.1 Å². The van der Waals surface area contributed by atoms with Crippen LogP contribution in [0.1, 0.15) is 31.4 Å². The summed E-state index contributed by atoms with van der Waals surface area (Å²) in [5.41, 5.74) is 2.75. The van der Waals surface area contributed by atoms with Crippen LogP contribution in [0.4, 0.5) is 20.2 Å². The van der Waals surface area contributed by atoms with Gasteiger partial charge in [-0.25, -0.2) is 13.6 Å². The standard InChI is InChI=1S/C29H37F2N6OP/c1-7-39(8-2)24-10-9-23(26(31)27(24)33-5)36-13-14-37(29(36)38)28(21-17-35(6)12-11-22(21)32)34-20-15-18(3)25(30)19(4)16-20/h9-10,13-16,32-34H,7-8,11-12,17H2,1-6H3/b28-21+,32-22?. The predicted molar refractivity (Wildman–Crippen MR) is 160 cm³/mol. The molecule has 1 aromatic heterocycles. The first-order chi connectivity index (χ1) is 18.6. The largest absolute Gasteiger partial charge is 0.385 e. The van der Waals surface area contributed by atoms with E-state index in [1.54, 1.807) is 51.5 Å². The molecule has 0 bridgehead atoms. The second kappa shape index (κ2) is 11.8. The Kier molecular flexibility index (Phi) is 8.72. The van der Waals surface area contributed by atoms with Gasteiger partial charge in [-0.15, -0.1) is 0 Å². The fourth-order valence-electron chi connectivity index (χ4n) is 5.09. The number of likely N-dealkylation sites (tertiary alicyclic amines) is 1. The monoisotopic (exact) mass is 554 g/mol. The molecule has 3 N–H and O–H groups in total. The molecule has 2 heterocycles. The molecule has 208 valence electrons. The lowest BCUT2D eigenvalue weighted by molar-refractivity contribution is 0.364. The summed E-state index contributed by atoms with van der Waals surface area (Å²) >= 11 is 0. The zero-order chi connectivity index (χ0) is 28.4. The Morgan fingerprint density at radius 2 is 1.74 bits per heavy atom. The third kappa shape index (κ3) is 5.56. The summed E-state index contributed by atoms with van der Waals surface area (Å²) in [7, 11) is 3.15. The van der Waals surface area contributed by atoms with Gasteiger partial charge in [-0.1, -0.05) is 27.8 Å². The van der Waals surface area contributed by atoms with E-state index in [1.165, 1.54) is 9.13 Å². The van der Waals surface area contributed by atoms with Gasteiger partial charge < -0.3 is 20.9 Å². The molecule has 3 aromatic rings. The quantitative estimate of drug-likeness (QED) is 0.328. The number of piperidine rings is 1. The predicted octanol–water partition coefficient (Wildman–Crippen LogP) is 5.36. The molecule has 7 nitrogen and oxygen atoms in total. The minimum absolute atomic E-state index is 0.155. The first-order valence-corrected chi connectivity index (χ1v) is 14.9. The van der Waals surface area contributed by atoms with Gasteiger partial charge >= 0.3 is 5.69 Å². The number of nitrogens with one attached hydrogen (secondary N) is 3. The summed E-state index contributed by atoms with van der Waals surface area (Å²) in [4.78, 5) is 15.9. The van der Waals surface area contributed by atoms with Gasteiger partial charge in [0.15, 0.2) is 5.82 Å². The highest BCUT2D eigenvalue weighted by Crippen LogP contribution is 2.38. The summed E-state index contributed by atoms with van der Waals surface area (Å²) in [5, 5.41) is 15.9. The number of hydrogen-bond acceptors (Lipinski definition) is 5. The van der Waals surface area contributed by atoms with Crippen molar-refractivity contribution in [2.24, 2.45) is 0 Å². The summed E-state index contributed by atoms with van der Waals surface area (Å²) in [5.74, 6) is -0.342. The van der Waals surface area contributed by atoms with Crippen LogP contribution in [0, 0.1) is 30.9 Å². The van der Waals surface area contributed by atoms with Crippen LogP contribution in [0.5, 0.6) is 0 Å². The van der Waals surface area contributed by atoms with Gasteiger partial charge in [-0.3, -0.25) is 9.13 Å². The second-order valence-corrected chi connectivity index (χ2v) is 12.7. The molecule has 0 amide bonds. The normalized spacial score (nSPS) is 15.7. The van der Waals surface area contributed by atoms with Crippen LogP contribution >= 0.6 is 7.92 Å². The van der Waals surface area contributed by atoms with E-state index in [-0.39, 0.29) is 11.5 Å². The third-order valence-electron chi connectivity index (χ3n) is 7.25. The van der Waals surface area contributed by atoms with E-state index >= 15 is 4.39 Å². The van der Waals surface area contributed by atoms with Crippen molar-refractivity contribution in [1.29, 1.82) is 5.41 Å². The van der Waals surface area contributed by atoms with Crippen LogP contribution in [-0.2, 0) is 0 Å². The lowest BCUT2D eigenvalue weighted by Crippen LogP contribution is -2.36. The summed E-state index contributed by atoms with van der Waals surface area (Å²) in [6.07, 6.45) is 5.55. The number of halogens is 2. The number of benzene rings is 2. The van der Waals surface area contributed by atoms with Crippen molar-refractivity contribution in [2.45, 2.75) is 34.1 Å². The molecular weight excluding hydrogens is 517 g/mol. The molecule has 0 unspecified atom stereocenters. The van der Waals surface area contributed by atoms with Crippen molar-refractivity contribution < 1.29 is 8.78 Å². The number of likely N-dealkylation sites (N-methyl/N-ethyl adjacent to an activating group) is 1. The molecule has 10 heteroatoms. The summed E-state index contributed by atoms with van der Waals surface area (Å²) < 4.78 is 32.9. The first kappa shape index (κ1) is 28.7. The number of imidazole rings is 1. The molecule has 1 fully saturated rings. The number of nitrogens with zero attached hydrogens (tertiary/aromatic N) is 3. The van der Waals surface area contributed by atoms with E-state index in [0.717, 1.165) is 24.2 Å². The Bertz CT molecular complexity index is 1460. The number of aromatic nitrogens is 2. The maximum atomic E-state index is 15.9. The first-order valence-electron chi connectivity index (χ1n) is 13.2. The summed E-state index contributed by atoms with van der Waals surface area (Å²) in [6.45, 7) is 8.79. The van der Waals surface area contributed by atoms with Crippen LogP contribution < -0.4 is 21.6 Å². The average molecular weight is 555 g/mol. The molecule has 0 aliphatic carbocycles. The van der Waals surface area contributed by atoms with Gasteiger partial charge in [-0.2, -0.15) is 0 Å². The van der Waals surface area contributed by atoms with Crippen LogP contribution in [0.15, 0.2) is 47.0 Å². The molecule has 1 aliphatic rings. The van der Waals surface area contributed by atoms with Gasteiger partial charge in [0.05, 0.1) is 11.4 Å². The molecule has 1 aliphatic heterocycles. The Balaban J connectivity index is 1.87. The van der Waals surface area contributed by atoms with Crippen molar-refractivity contribution >= 4 is 36.1 Å². The molecule has 2 aromatic carbocycles. The van der Waals surface area contributed by atoms with E-state index in [1.807, 2.05) is 13.1 Å². The van der Waals surface area contributed by atoms with E-state index < -0.39 is 19.4 Å². The number of hydrogen-bond donors (Lipinski definition) is 3. The van der Waals surface area contributed by atoms with Crippen LogP contribution in [0.2, 0.25) is 0 Å². The van der Waals surface area contributed by atoms with Crippen molar-refractivity contribution in [2.75, 3.05) is 50.1 Å². The van der Waals surface area contributed by atoms with E-state index in [9.17, 15) is 9.18 Å². The minimum atomic E-state index is -0.510. The highest BCUT2D eigenvalue weighted by Gasteiger charge is 2.25. The molecule has 0 atom stereocenters. The van der Waals surface area contributed by atoms with Crippen LogP contribution in [0.25, 0.3) is 11.5 Å². The zero-order valence-corrected chi connectivity index (χ0v) is 24.3. The molecule has 0 saturated carbocycles. The van der Waals surface area contributed by atoms with Gasteiger partial charge in [0.25, 0.3) is 0 Å². The molecule has 4 rings (SSSR count). The van der Waals surface area contributed by atoms with Gasteiger partial charge in [0.1, 0.15) is 11.6 Å². The lowest BCUT2D eigenvalue weighted by atomic mass is 10.0. The van der Waals surface area contributed by atoms with Crippen LogP contribution in [0.3, 0.4) is 0 Å². The van der Waals surface area contributed by atoms with Crippen molar-refractivity contribution in [3.63, 3.8) is 0 Å². The Morgan fingerprint density at radius 3 is 2.36 bits per heavy atom. The maximum absolute atomic E-state index is 15.9. The average Bonchev–Trinajstić information content (AvgIpc) is 3.28. The molecule has 1 saturated heterocycles. The molecule has 0 spiro atoms. The van der Waals surface area contributed by atoms with Crippen molar-refractivity contribution in [3.8, 4) is 5.69 Å². The Hall–Kier alpha value is -3.29. The smallest absolute Gasteiger partial charge is 0.338 e. The minimum Gasteiger partial charge on any atom is -0.385 e. The van der Waals surface area contributed by atoms with E-state index in [4.69, 9.17) is 5.41 Å². The van der Waals surface area contributed by atoms with E-state index in [0.29, 0.717) is 52.6 Å². The van der Waals surface area contributed by atoms with Gasteiger partial charge in [0, 0.05) is 61.2 Å². The highest BCUT2D eigenvalue weighted by molar-refractivity contribution is 7.65. The van der Waals surface area contributed by atoms with Crippen molar-refractivity contribution in [1.82, 2.24) is 14.0 Å². The summed E-state index contributed by atoms with van der Waals surface area (Å²) in [6, 6.07) is 6.94. The fourth-order valence-corrected chi connectivity index (χ4v) is 7.03. The molecule has 39 heavy (non-hydrogen) atoms. The Morgan fingerprint density at radius 1 is 1.08 bits per heavy atom. The SMILES string of the molecule is CCP(CC)c1ccc(-n2ccn(/C(Nc3cc(C)c(F)c(C)c3)=C3\CN(C)CCC3=N)c2=O)c(F)c1NC. The third-order valence-corrected chi connectivity index (χ3v) is 9.83. The highest BCUT2D eigenvalue weighted by atomic mass is 31.1.